The zero-order valence-electron chi connectivity index (χ0n) is 10.2. The van der Waals surface area contributed by atoms with Gasteiger partial charge in [0.05, 0.1) is 6.42 Å². The number of hydrogen-bond donors (Lipinski definition) is 1. The molecular weight excluding hydrogens is 265 g/mol. The number of carbonyl (C=O) groups is 1. The fourth-order valence-electron chi connectivity index (χ4n) is 1.70. The number of halogens is 2. The van der Waals surface area contributed by atoms with E-state index in [0.29, 0.717) is 11.6 Å². The molecule has 19 heavy (non-hydrogen) atoms. The highest BCUT2D eigenvalue weighted by Gasteiger charge is 2.03. The number of carbonyl (C=O) groups excluding carboxylic acids is 1. The van der Waals surface area contributed by atoms with Crippen LogP contribution >= 0.6 is 11.6 Å². The molecule has 1 N–H and O–H groups in total. The van der Waals surface area contributed by atoms with Crippen LogP contribution in [0.15, 0.2) is 48.5 Å². The summed E-state index contributed by atoms with van der Waals surface area (Å²) in [6, 6.07) is 13.2. The molecule has 0 unspecified atom stereocenters. The first-order valence-corrected chi connectivity index (χ1v) is 6.27. The molecule has 0 radical (unpaired) electrons. The van der Waals surface area contributed by atoms with Crippen LogP contribution in [0.25, 0.3) is 0 Å². The van der Waals surface area contributed by atoms with Gasteiger partial charge in [0.1, 0.15) is 5.82 Å². The molecule has 0 bridgehead atoms. The van der Waals surface area contributed by atoms with Crippen molar-refractivity contribution < 1.29 is 9.18 Å². The highest BCUT2D eigenvalue weighted by Crippen LogP contribution is 2.10. The van der Waals surface area contributed by atoms with Crippen molar-refractivity contribution in [2.24, 2.45) is 0 Å². The zero-order valence-corrected chi connectivity index (χ0v) is 11.0. The maximum Gasteiger partial charge on any atom is 0.224 e. The maximum absolute atomic E-state index is 12.7. The Morgan fingerprint density at radius 3 is 2.53 bits per heavy atom. The summed E-state index contributed by atoms with van der Waals surface area (Å²) in [6.07, 6.45) is 0.237. The Kier molecular flexibility index (Phi) is 4.53. The van der Waals surface area contributed by atoms with Crippen molar-refractivity contribution in [1.82, 2.24) is 5.32 Å². The SMILES string of the molecule is O=C(Cc1ccc(F)cc1)NCc1cccc(Cl)c1. The third-order valence-corrected chi connectivity index (χ3v) is 2.89. The molecule has 0 aliphatic heterocycles. The Morgan fingerprint density at radius 2 is 1.84 bits per heavy atom. The minimum Gasteiger partial charge on any atom is -0.352 e. The average molecular weight is 278 g/mol. The summed E-state index contributed by atoms with van der Waals surface area (Å²) < 4.78 is 12.7. The molecule has 0 atom stereocenters. The van der Waals surface area contributed by atoms with E-state index in [1.807, 2.05) is 12.1 Å². The minimum atomic E-state index is -0.303. The summed E-state index contributed by atoms with van der Waals surface area (Å²) >= 11 is 5.86. The molecule has 0 spiro atoms. The van der Waals surface area contributed by atoms with Crippen molar-refractivity contribution in [3.05, 3.63) is 70.5 Å². The molecule has 2 aromatic carbocycles. The molecule has 0 saturated heterocycles. The van der Waals surface area contributed by atoms with Crippen LogP contribution < -0.4 is 5.32 Å². The van der Waals surface area contributed by atoms with E-state index in [1.165, 1.54) is 12.1 Å². The highest BCUT2D eigenvalue weighted by molar-refractivity contribution is 6.30. The van der Waals surface area contributed by atoms with Gasteiger partial charge in [-0.15, -0.1) is 0 Å². The van der Waals surface area contributed by atoms with Crippen LogP contribution in [0.5, 0.6) is 0 Å². The molecule has 2 aromatic rings. The van der Waals surface area contributed by atoms with Crippen molar-refractivity contribution in [3.8, 4) is 0 Å². The van der Waals surface area contributed by atoms with Crippen molar-refractivity contribution in [3.63, 3.8) is 0 Å². The molecule has 4 heteroatoms. The predicted molar refractivity (Wildman–Crippen MR) is 73.4 cm³/mol. The molecule has 2 nitrogen and oxygen atoms in total. The van der Waals surface area contributed by atoms with Crippen LogP contribution in [0.3, 0.4) is 0 Å². The van der Waals surface area contributed by atoms with Gasteiger partial charge < -0.3 is 5.32 Å². The lowest BCUT2D eigenvalue weighted by Gasteiger charge is -2.06. The fraction of sp³-hybridized carbons (Fsp3) is 0.133. The van der Waals surface area contributed by atoms with E-state index >= 15 is 0 Å². The normalized spacial score (nSPS) is 10.2. The molecule has 1 amide bonds. The van der Waals surface area contributed by atoms with Gasteiger partial charge in [-0.05, 0) is 35.4 Å². The number of benzene rings is 2. The quantitative estimate of drug-likeness (QED) is 0.912. The Bertz CT molecular complexity index is 569. The van der Waals surface area contributed by atoms with Gasteiger partial charge in [0.2, 0.25) is 5.91 Å². The zero-order chi connectivity index (χ0) is 13.7. The molecular formula is C15H13ClFNO. The summed E-state index contributed by atoms with van der Waals surface area (Å²) in [5.41, 5.74) is 1.73. The molecule has 0 aliphatic rings. The second kappa shape index (κ2) is 6.34. The van der Waals surface area contributed by atoms with Crippen molar-refractivity contribution in [1.29, 1.82) is 0 Å². The van der Waals surface area contributed by atoms with E-state index in [4.69, 9.17) is 11.6 Å². The summed E-state index contributed by atoms with van der Waals surface area (Å²) in [4.78, 5) is 11.7. The van der Waals surface area contributed by atoms with Gasteiger partial charge in [-0.25, -0.2) is 4.39 Å². The summed E-state index contributed by atoms with van der Waals surface area (Å²) in [6.45, 7) is 0.431. The Balaban J connectivity index is 1.86. The van der Waals surface area contributed by atoms with Gasteiger partial charge in [-0.1, -0.05) is 35.9 Å². The lowest BCUT2D eigenvalue weighted by Crippen LogP contribution is -2.24. The summed E-state index contributed by atoms with van der Waals surface area (Å²) in [5, 5.41) is 3.44. The molecule has 0 heterocycles. The van der Waals surface area contributed by atoms with Gasteiger partial charge >= 0.3 is 0 Å². The highest BCUT2D eigenvalue weighted by atomic mass is 35.5. The van der Waals surface area contributed by atoms with E-state index in [1.54, 1.807) is 24.3 Å². The molecule has 0 saturated carbocycles. The van der Waals surface area contributed by atoms with Crippen molar-refractivity contribution >= 4 is 17.5 Å². The molecule has 0 fully saturated rings. The van der Waals surface area contributed by atoms with Gasteiger partial charge in [-0.3, -0.25) is 4.79 Å². The van der Waals surface area contributed by atoms with Crippen molar-refractivity contribution in [2.45, 2.75) is 13.0 Å². The number of nitrogens with one attached hydrogen (secondary N) is 1. The lowest BCUT2D eigenvalue weighted by atomic mass is 10.1. The van der Waals surface area contributed by atoms with Crippen molar-refractivity contribution in [2.75, 3.05) is 0 Å². The fourth-order valence-corrected chi connectivity index (χ4v) is 1.91. The third kappa shape index (κ3) is 4.38. The average Bonchev–Trinajstić information content (AvgIpc) is 2.39. The Labute approximate surface area is 116 Å². The second-order valence-corrected chi connectivity index (χ2v) is 4.65. The maximum atomic E-state index is 12.7. The molecule has 2 rings (SSSR count). The van der Waals surface area contributed by atoms with Crippen LogP contribution in [0.2, 0.25) is 5.02 Å². The Hall–Kier alpha value is -1.87. The monoisotopic (exact) mass is 277 g/mol. The third-order valence-electron chi connectivity index (χ3n) is 2.66. The van der Waals surface area contributed by atoms with Crippen LogP contribution in [0, 0.1) is 5.82 Å². The van der Waals surface area contributed by atoms with Gasteiger partial charge in [0.25, 0.3) is 0 Å². The van der Waals surface area contributed by atoms with Crippen LogP contribution in [-0.4, -0.2) is 5.91 Å². The predicted octanol–water partition coefficient (Wildman–Crippen LogP) is 3.34. The Morgan fingerprint density at radius 1 is 1.11 bits per heavy atom. The van der Waals surface area contributed by atoms with Crippen LogP contribution in [-0.2, 0) is 17.8 Å². The molecule has 0 aromatic heterocycles. The minimum absolute atomic E-state index is 0.105. The van der Waals surface area contributed by atoms with Crippen LogP contribution in [0.1, 0.15) is 11.1 Å². The smallest absolute Gasteiger partial charge is 0.224 e. The van der Waals surface area contributed by atoms with Gasteiger partial charge in [0, 0.05) is 11.6 Å². The first kappa shape index (κ1) is 13.6. The number of amides is 1. The summed E-state index contributed by atoms with van der Waals surface area (Å²) in [5.74, 6) is -0.408. The van der Waals surface area contributed by atoms with Gasteiger partial charge in [0.15, 0.2) is 0 Å². The van der Waals surface area contributed by atoms with Crippen LogP contribution in [0.4, 0.5) is 4.39 Å². The van der Waals surface area contributed by atoms with Gasteiger partial charge in [-0.2, -0.15) is 0 Å². The number of hydrogen-bond acceptors (Lipinski definition) is 1. The van der Waals surface area contributed by atoms with E-state index in [0.717, 1.165) is 11.1 Å². The van der Waals surface area contributed by atoms with E-state index in [-0.39, 0.29) is 18.1 Å². The van der Waals surface area contributed by atoms with E-state index < -0.39 is 0 Å². The standard InChI is InChI=1S/C15H13ClFNO/c16-13-3-1-2-12(8-13)10-18-15(19)9-11-4-6-14(17)7-5-11/h1-8H,9-10H2,(H,18,19). The lowest BCUT2D eigenvalue weighted by molar-refractivity contribution is -0.120. The van der Waals surface area contributed by atoms with E-state index in [2.05, 4.69) is 5.32 Å². The first-order valence-electron chi connectivity index (χ1n) is 5.89. The second-order valence-electron chi connectivity index (χ2n) is 4.21. The first-order chi connectivity index (χ1) is 9.13. The largest absolute Gasteiger partial charge is 0.352 e. The van der Waals surface area contributed by atoms with E-state index in [9.17, 15) is 9.18 Å². The molecule has 98 valence electrons. The summed E-state index contributed by atoms with van der Waals surface area (Å²) in [7, 11) is 0. The number of rotatable bonds is 4. The molecule has 0 aliphatic carbocycles. The topological polar surface area (TPSA) is 29.1 Å².